The lowest BCUT2D eigenvalue weighted by Crippen LogP contribution is -2.47. The Balaban J connectivity index is 1.28. The number of carbonyl (C=O) groups is 3. The summed E-state index contributed by atoms with van der Waals surface area (Å²) in [5, 5.41) is 7.08. The second-order valence-electron chi connectivity index (χ2n) is 11.1. The largest absolute Gasteiger partial charge is 0.493 e. The van der Waals surface area contributed by atoms with E-state index in [0.29, 0.717) is 48.9 Å². The summed E-state index contributed by atoms with van der Waals surface area (Å²) in [7, 11) is 1.58. The fourth-order valence-electron chi connectivity index (χ4n) is 5.60. The van der Waals surface area contributed by atoms with Crippen LogP contribution in [0.1, 0.15) is 64.3 Å². The maximum absolute atomic E-state index is 13.6. The summed E-state index contributed by atoms with van der Waals surface area (Å²) in [5.74, 6) is 0.765. The molecule has 43 heavy (non-hydrogen) atoms. The van der Waals surface area contributed by atoms with E-state index in [4.69, 9.17) is 14.0 Å². The van der Waals surface area contributed by atoms with Crippen molar-refractivity contribution in [3.05, 3.63) is 70.6 Å². The number of rotatable bonds is 4. The second-order valence-corrected chi connectivity index (χ2v) is 12.0. The van der Waals surface area contributed by atoms with Gasteiger partial charge in [0.1, 0.15) is 5.76 Å². The van der Waals surface area contributed by atoms with E-state index in [1.165, 1.54) is 16.2 Å². The lowest BCUT2D eigenvalue weighted by Gasteiger charge is -2.24. The predicted octanol–water partition coefficient (Wildman–Crippen LogP) is 4.07. The van der Waals surface area contributed by atoms with Gasteiger partial charge in [0.2, 0.25) is 5.91 Å². The van der Waals surface area contributed by atoms with Crippen LogP contribution in [0.25, 0.3) is 10.2 Å². The van der Waals surface area contributed by atoms with Crippen molar-refractivity contribution in [3.8, 4) is 11.5 Å². The lowest BCUT2D eigenvalue weighted by molar-refractivity contribution is -0.122. The summed E-state index contributed by atoms with van der Waals surface area (Å²) in [4.78, 5) is 48.1. The number of carbonyl (C=O) groups excluding carboxylic acids is 3. The number of ether oxygens (including phenoxy) is 2. The average molecular weight is 604 g/mol. The van der Waals surface area contributed by atoms with E-state index in [2.05, 4.69) is 15.5 Å². The fourth-order valence-corrected chi connectivity index (χ4v) is 6.26. The molecule has 0 aliphatic carbocycles. The molecule has 2 atom stereocenters. The van der Waals surface area contributed by atoms with Crippen molar-refractivity contribution in [2.24, 2.45) is 0 Å². The maximum Gasteiger partial charge on any atom is 0.276 e. The Hall–Kier alpha value is -4.45. The van der Waals surface area contributed by atoms with Crippen molar-refractivity contribution >= 4 is 39.3 Å². The Morgan fingerprint density at radius 2 is 1.95 bits per heavy atom. The number of benzene rings is 2. The Kier molecular flexibility index (Phi) is 8.02. The van der Waals surface area contributed by atoms with Crippen LogP contribution in [0.4, 0.5) is 0 Å². The molecule has 0 saturated carbocycles. The standard InChI is InChI=1S/C31H33N5O6S/c1-18(2)26-13-23(34-42-26)31(39)35-9-4-10-41-27-12-19(5-7-25(27)40-3)21-14-36(15-24(21)33-29(37)16-35)30(38)20-6-8-28-22(11-20)32-17-43-28/h5-8,11-13,17-18,21,24H,4,9-10,14-16H2,1-3H3,(H,33,37)/t21-,24+/m1/s1. The first-order chi connectivity index (χ1) is 20.8. The molecule has 1 N–H and O–H groups in total. The Morgan fingerprint density at radius 3 is 2.74 bits per heavy atom. The zero-order valence-corrected chi connectivity index (χ0v) is 25.1. The van der Waals surface area contributed by atoms with E-state index >= 15 is 0 Å². The number of nitrogens with one attached hydrogen (secondary N) is 1. The molecule has 4 aromatic rings. The zero-order chi connectivity index (χ0) is 30.1. The molecule has 224 valence electrons. The summed E-state index contributed by atoms with van der Waals surface area (Å²) < 4.78 is 18.0. The van der Waals surface area contributed by atoms with Crippen LogP contribution in [0.5, 0.6) is 11.5 Å². The number of nitrogens with zero attached hydrogens (tertiary/aromatic N) is 4. The molecule has 1 fully saturated rings. The van der Waals surface area contributed by atoms with Crippen LogP contribution >= 0.6 is 11.3 Å². The van der Waals surface area contributed by atoms with Gasteiger partial charge in [0, 0.05) is 43.1 Å². The minimum Gasteiger partial charge on any atom is -0.493 e. The average Bonchev–Trinajstić information content (AvgIpc) is 3.77. The van der Waals surface area contributed by atoms with Crippen molar-refractivity contribution in [2.75, 3.05) is 39.9 Å². The third kappa shape index (κ3) is 5.92. The molecule has 2 aliphatic heterocycles. The van der Waals surface area contributed by atoms with Gasteiger partial charge in [-0.2, -0.15) is 0 Å². The molecule has 0 radical (unpaired) electrons. The third-order valence-electron chi connectivity index (χ3n) is 7.91. The highest BCUT2D eigenvalue weighted by Gasteiger charge is 2.38. The van der Waals surface area contributed by atoms with E-state index in [-0.39, 0.29) is 42.4 Å². The number of hydrogen-bond donors (Lipinski definition) is 1. The molecule has 2 bridgehead atoms. The van der Waals surface area contributed by atoms with E-state index < -0.39 is 11.9 Å². The number of fused-ring (bicyclic) bond motifs is 5. The lowest BCUT2D eigenvalue weighted by atomic mass is 9.94. The number of methoxy groups -OCH3 is 1. The van der Waals surface area contributed by atoms with Gasteiger partial charge in [0.05, 0.1) is 42.0 Å². The van der Waals surface area contributed by atoms with E-state index in [1.54, 1.807) is 29.7 Å². The minimum absolute atomic E-state index is 0.0687. The van der Waals surface area contributed by atoms with Gasteiger partial charge in [-0.25, -0.2) is 4.98 Å². The zero-order valence-electron chi connectivity index (χ0n) is 24.2. The molecule has 3 amide bonds. The molecular weight excluding hydrogens is 570 g/mol. The van der Waals surface area contributed by atoms with Crippen molar-refractivity contribution in [1.82, 2.24) is 25.3 Å². The first-order valence-electron chi connectivity index (χ1n) is 14.3. The second kappa shape index (κ2) is 12.0. The first-order valence-corrected chi connectivity index (χ1v) is 15.2. The van der Waals surface area contributed by atoms with Crippen molar-refractivity contribution in [2.45, 2.75) is 38.1 Å². The van der Waals surface area contributed by atoms with Crippen LogP contribution < -0.4 is 14.8 Å². The van der Waals surface area contributed by atoms with Crippen LogP contribution in [0.15, 0.2) is 52.5 Å². The van der Waals surface area contributed by atoms with Gasteiger partial charge in [-0.1, -0.05) is 25.1 Å². The molecule has 0 unspecified atom stereocenters. The molecule has 2 aromatic carbocycles. The summed E-state index contributed by atoms with van der Waals surface area (Å²) in [6, 6.07) is 12.5. The van der Waals surface area contributed by atoms with Crippen molar-refractivity contribution in [1.29, 1.82) is 0 Å². The third-order valence-corrected chi connectivity index (χ3v) is 8.72. The van der Waals surface area contributed by atoms with Crippen LogP contribution in [0.3, 0.4) is 0 Å². The van der Waals surface area contributed by atoms with Crippen molar-refractivity contribution < 1.29 is 28.4 Å². The molecule has 2 aromatic heterocycles. The molecule has 0 spiro atoms. The molecule has 12 heteroatoms. The Bertz CT molecular complexity index is 1670. The van der Waals surface area contributed by atoms with Crippen LogP contribution in [0.2, 0.25) is 0 Å². The molecule has 4 heterocycles. The Labute approximate surface area is 252 Å². The predicted molar refractivity (Wildman–Crippen MR) is 160 cm³/mol. The molecule has 11 nitrogen and oxygen atoms in total. The first kappa shape index (κ1) is 28.7. The molecule has 1 saturated heterocycles. The molecular formula is C31H33N5O6S. The van der Waals surface area contributed by atoms with E-state index in [1.807, 2.05) is 44.2 Å². The fraction of sp³-hybridized carbons (Fsp3) is 0.387. The van der Waals surface area contributed by atoms with Gasteiger partial charge in [0.25, 0.3) is 11.8 Å². The summed E-state index contributed by atoms with van der Waals surface area (Å²) in [6.07, 6.45) is 0.486. The number of likely N-dealkylation sites (tertiary alicyclic amines) is 1. The van der Waals surface area contributed by atoms with Crippen LogP contribution in [-0.2, 0) is 4.79 Å². The Morgan fingerprint density at radius 1 is 1.09 bits per heavy atom. The van der Waals surface area contributed by atoms with E-state index in [9.17, 15) is 14.4 Å². The van der Waals surface area contributed by atoms with E-state index in [0.717, 1.165) is 15.8 Å². The number of thiazole rings is 1. The highest BCUT2D eigenvalue weighted by atomic mass is 32.1. The van der Waals surface area contributed by atoms with Gasteiger partial charge >= 0.3 is 0 Å². The van der Waals surface area contributed by atoms with Gasteiger partial charge < -0.3 is 29.1 Å². The highest BCUT2D eigenvalue weighted by Crippen LogP contribution is 2.36. The monoisotopic (exact) mass is 603 g/mol. The normalized spacial score (nSPS) is 19.2. The van der Waals surface area contributed by atoms with Crippen LogP contribution in [0, 0.1) is 0 Å². The highest BCUT2D eigenvalue weighted by molar-refractivity contribution is 7.16. The molecule has 2 aliphatic rings. The van der Waals surface area contributed by atoms with Crippen molar-refractivity contribution in [3.63, 3.8) is 0 Å². The number of hydrogen-bond acceptors (Lipinski definition) is 9. The number of aromatic nitrogens is 2. The summed E-state index contributed by atoms with van der Waals surface area (Å²) in [5.41, 5.74) is 4.15. The SMILES string of the molecule is COc1ccc2cc1OCCCN(C(=O)c1cc(C(C)C)on1)CC(=O)N[C@H]1CN(C(=O)c3ccc4scnc4c3)C[C@H]21. The maximum atomic E-state index is 13.6. The van der Waals surface area contributed by atoms with Gasteiger partial charge in [0.15, 0.2) is 17.2 Å². The molecule has 6 rings (SSSR count). The van der Waals surface area contributed by atoms with Gasteiger partial charge in [-0.05, 0) is 42.3 Å². The summed E-state index contributed by atoms with van der Waals surface area (Å²) in [6.45, 7) is 5.01. The van der Waals surface area contributed by atoms with Crippen LogP contribution in [-0.4, -0.2) is 83.6 Å². The van der Waals surface area contributed by atoms with Gasteiger partial charge in [-0.3, -0.25) is 14.4 Å². The van der Waals surface area contributed by atoms with Gasteiger partial charge in [-0.15, -0.1) is 11.3 Å². The topological polar surface area (TPSA) is 127 Å². The number of amides is 3. The smallest absolute Gasteiger partial charge is 0.276 e. The quantitative estimate of drug-likeness (QED) is 0.370. The summed E-state index contributed by atoms with van der Waals surface area (Å²) >= 11 is 1.52. The minimum atomic E-state index is -0.393.